The van der Waals surface area contributed by atoms with E-state index in [0.717, 1.165) is 48.2 Å². The van der Waals surface area contributed by atoms with Crippen molar-refractivity contribution >= 4 is 22.7 Å². The summed E-state index contributed by atoms with van der Waals surface area (Å²) in [5.74, 6) is 0.527. The van der Waals surface area contributed by atoms with Crippen LogP contribution in [0.25, 0.3) is 16.7 Å². The minimum absolute atomic E-state index is 0.0282. The van der Waals surface area contributed by atoms with Gasteiger partial charge in [-0.1, -0.05) is 6.07 Å². The highest BCUT2D eigenvalue weighted by atomic mass is 16.7. The van der Waals surface area contributed by atoms with E-state index in [-0.39, 0.29) is 18.0 Å². The molecule has 0 saturated carbocycles. The normalized spacial score (nSPS) is 16.0. The molecular formula is C25H30N4O3. The monoisotopic (exact) mass is 434 g/mol. The molecule has 0 radical (unpaired) electrons. The minimum atomic E-state index is -0.0395. The highest BCUT2D eigenvalue weighted by molar-refractivity contribution is 5.97. The number of piperidine rings is 1. The van der Waals surface area contributed by atoms with Gasteiger partial charge in [0.15, 0.2) is 5.78 Å². The van der Waals surface area contributed by atoms with E-state index in [4.69, 9.17) is 9.57 Å². The summed E-state index contributed by atoms with van der Waals surface area (Å²) >= 11 is 0. The average Bonchev–Trinajstić information content (AvgIpc) is 3.21. The summed E-state index contributed by atoms with van der Waals surface area (Å²) in [5, 5.41) is 4.34. The van der Waals surface area contributed by atoms with Gasteiger partial charge in [-0.3, -0.25) is 9.36 Å². The lowest BCUT2D eigenvalue weighted by Gasteiger charge is -2.29. The fraction of sp³-hybridized carbons (Fsp3) is 0.400. The third kappa shape index (κ3) is 4.99. The first-order valence-electron chi connectivity index (χ1n) is 11.1. The van der Waals surface area contributed by atoms with Gasteiger partial charge < -0.3 is 14.5 Å². The fourth-order valence-electron chi connectivity index (χ4n) is 3.78. The molecule has 0 aliphatic carbocycles. The van der Waals surface area contributed by atoms with Crippen LogP contribution in [0.2, 0.25) is 0 Å². The summed E-state index contributed by atoms with van der Waals surface area (Å²) in [7, 11) is 2.13. The van der Waals surface area contributed by atoms with Crippen LogP contribution in [-0.4, -0.2) is 58.5 Å². The largest absolute Gasteiger partial charge is 0.472 e. The van der Waals surface area contributed by atoms with Gasteiger partial charge in [0.25, 0.3) is 5.90 Å². The average molecular weight is 435 g/mol. The molecular weight excluding hydrogens is 404 g/mol. The summed E-state index contributed by atoms with van der Waals surface area (Å²) in [5.41, 5.74) is 4.15. The maximum Gasteiger partial charge on any atom is 0.257 e. The van der Waals surface area contributed by atoms with Crippen molar-refractivity contribution in [3.63, 3.8) is 0 Å². The molecule has 1 aliphatic heterocycles. The number of nitrogens with zero attached hydrogens (tertiary/aromatic N) is 4. The second-order valence-electron chi connectivity index (χ2n) is 8.60. The Bertz CT molecular complexity index is 1130. The molecule has 0 unspecified atom stereocenters. The van der Waals surface area contributed by atoms with Crippen LogP contribution in [0.4, 0.5) is 0 Å². The van der Waals surface area contributed by atoms with Gasteiger partial charge in [0, 0.05) is 29.9 Å². The number of imidazole rings is 1. The predicted octanol–water partition coefficient (Wildman–Crippen LogP) is 4.43. The van der Waals surface area contributed by atoms with E-state index in [9.17, 15) is 4.79 Å². The molecule has 0 atom stereocenters. The number of aromatic nitrogens is 2. The Kier molecular flexibility index (Phi) is 6.55. The van der Waals surface area contributed by atoms with E-state index in [1.165, 1.54) is 0 Å². The van der Waals surface area contributed by atoms with Gasteiger partial charge in [0.1, 0.15) is 18.5 Å². The Balaban J connectivity index is 1.65. The van der Waals surface area contributed by atoms with Crippen molar-refractivity contribution < 1.29 is 14.4 Å². The van der Waals surface area contributed by atoms with E-state index in [1.54, 1.807) is 13.3 Å². The van der Waals surface area contributed by atoms with E-state index in [1.807, 2.05) is 60.9 Å². The van der Waals surface area contributed by atoms with Crippen LogP contribution >= 0.6 is 0 Å². The molecule has 32 heavy (non-hydrogen) atoms. The van der Waals surface area contributed by atoms with Gasteiger partial charge in [-0.25, -0.2) is 4.98 Å². The van der Waals surface area contributed by atoms with Crippen LogP contribution in [0.1, 0.15) is 49.5 Å². The van der Waals surface area contributed by atoms with Gasteiger partial charge in [0.05, 0.1) is 11.0 Å². The summed E-state index contributed by atoms with van der Waals surface area (Å²) in [6.07, 6.45) is 3.77. The zero-order valence-corrected chi connectivity index (χ0v) is 19.1. The molecule has 0 amide bonds. The molecule has 7 nitrogen and oxygen atoms in total. The van der Waals surface area contributed by atoms with Gasteiger partial charge in [-0.05, 0) is 82.2 Å². The smallest absolute Gasteiger partial charge is 0.257 e. The summed E-state index contributed by atoms with van der Waals surface area (Å²) in [4.78, 5) is 24.1. The SMILES string of the molecule is CC(=O)c1ccc2c(c1)ncn2-c1cccc(C(=NOC(C)C)OC2CCN(C)CC2)c1. The number of likely N-dealkylation sites (tertiary alicyclic amines) is 1. The van der Waals surface area contributed by atoms with Crippen molar-refractivity contribution in [2.45, 2.75) is 45.8 Å². The van der Waals surface area contributed by atoms with Crippen LogP contribution in [-0.2, 0) is 9.57 Å². The van der Waals surface area contributed by atoms with Crippen LogP contribution in [0.3, 0.4) is 0 Å². The molecule has 168 valence electrons. The third-order valence-corrected chi connectivity index (χ3v) is 5.62. The molecule has 0 spiro atoms. The standard InChI is InChI=1S/C25H30N4O3/c1-17(2)32-27-25(31-22-10-12-28(4)13-11-22)20-6-5-7-21(14-20)29-16-26-23-15-19(18(3)30)8-9-24(23)29/h5-9,14-17,22H,10-13H2,1-4H3. The van der Waals surface area contributed by atoms with Crippen LogP contribution in [0.5, 0.6) is 0 Å². The number of ketones is 1. The van der Waals surface area contributed by atoms with Gasteiger partial charge in [0.2, 0.25) is 0 Å². The van der Waals surface area contributed by atoms with Crippen molar-refractivity contribution in [1.29, 1.82) is 0 Å². The zero-order chi connectivity index (χ0) is 22.7. The summed E-state index contributed by atoms with van der Waals surface area (Å²) in [6.45, 7) is 7.46. The second kappa shape index (κ2) is 9.53. The first kappa shape index (κ1) is 22.0. The number of ether oxygens (including phenoxy) is 1. The molecule has 0 bridgehead atoms. The molecule has 2 aromatic carbocycles. The van der Waals surface area contributed by atoms with Crippen molar-refractivity contribution in [1.82, 2.24) is 14.5 Å². The maximum absolute atomic E-state index is 11.7. The van der Waals surface area contributed by atoms with Gasteiger partial charge >= 0.3 is 0 Å². The quantitative estimate of drug-likeness (QED) is 0.249. The lowest BCUT2D eigenvalue weighted by Crippen LogP contribution is -2.35. The van der Waals surface area contributed by atoms with E-state index >= 15 is 0 Å². The second-order valence-corrected chi connectivity index (χ2v) is 8.60. The maximum atomic E-state index is 11.7. The lowest BCUT2D eigenvalue weighted by molar-refractivity contribution is 0.0618. The van der Waals surface area contributed by atoms with E-state index < -0.39 is 0 Å². The van der Waals surface area contributed by atoms with Crippen molar-refractivity contribution in [2.24, 2.45) is 5.16 Å². The summed E-state index contributed by atoms with van der Waals surface area (Å²) < 4.78 is 8.31. The number of Topliss-reactive ketones (excluding diaryl/α,β-unsaturated/α-hetero) is 1. The third-order valence-electron chi connectivity index (χ3n) is 5.62. The number of benzene rings is 2. The molecule has 1 aromatic heterocycles. The number of rotatable bonds is 6. The van der Waals surface area contributed by atoms with Crippen molar-refractivity contribution in [2.75, 3.05) is 20.1 Å². The topological polar surface area (TPSA) is 69.0 Å². The molecule has 1 aliphatic rings. The molecule has 1 fully saturated rings. The number of carbonyl (C=O) groups excluding carboxylic acids is 1. The molecule has 4 rings (SSSR count). The van der Waals surface area contributed by atoms with Gasteiger partial charge in [-0.15, -0.1) is 0 Å². The number of oxime groups is 1. The number of carbonyl (C=O) groups is 1. The van der Waals surface area contributed by atoms with Crippen LogP contribution < -0.4 is 0 Å². The van der Waals surface area contributed by atoms with E-state index in [0.29, 0.717) is 11.5 Å². The Morgan fingerprint density at radius 3 is 2.62 bits per heavy atom. The highest BCUT2D eigenvalue weighted by Gasteiger charge is 2.21. The molecule has 1 saturated heterocycles. The molecule has 3 aromatic rings. The Morgan fingerprint density at radius 1 is 1.12 bits per heavy atom. The Morgan fingerprint density at radius 2 is 1.91 bits per heavy atom. The summed E-state index contributed by atoms with van der Waals surface area (Å²) in [6, 6.07) is 13.6. The lowest BCUT2D eigenvalue weighted by atomic mass is 10.1. The van der Waals surface area contributed by atoms with Crippen LogP contribution in [0, 0.1) is 0 Å². The molecule has 7 heteroatoms. The minimum Gasteiger partial charge on any atom is -0.472 e. The van der Waals surface area contributed by atoms with Crippen LogP contribution in [0.15, 0.2) is 53.9 Å². The Hall–Kier alpha value is -3.19. The van der Waals surface area contributed by atoms with E-state index in [2.05, 4.69) is 22.1 Å². The van der Waals surface area contributed by atoms with Crippen molar-refractivity contribution in [3.05, 3.63) is 59.9 Å². The first-order chi connectivity index (χ1) is 15.4. The number of fused-ring (bicyclic) bond motifs is 1. The number of hydrogen-bond donors (Lipinski definition) is 0. The van der Waals surface area contributed by atoms with Gasteiger partial charge in [-0.2, -0.15) is 0 Å². The number of hydrogen-bond acceptors (Lipinski definition) is 6. The highest BCUT2D eigenvalue weighted by Crippen LogP contribution is 2.22. The Labute approximate surface area is 188 Å². The first-order valence-corrected chi connectivity index (χ1v) is 11.1. The van der Waals surface area contributed by atoms with Crippen molar-refractivity contribution in [3.8, 4) is 5.69 Å². The fourth-order valence-corrected chi connectivity index (χ4v) is 3.78. The molecule has 0 N–H and O–H groups in total. The predicted molar refractivity (Wildman–Crippen MR) is 125 cm³/mol. The zero-order valence-electron chi connectivity index (χ0n) is 19.1. The molecule has 2 heterocycles.